The third kappa shape index (κ3) is 10.5. The number of aromatic hydroxyl groups is 2. The van der Waals surface area contributed by atoms with Crippen LogP contribution >= 0.6 is 0 Å². The smallest absolute Gasteiger partial charge is 0.317 e. The zero-order valence-corrected chi connectivity index (χ0v) is 29.1. The minimum absolute atomic E-state index is 0.0233. The van der Waals surface area contributed by atoms with Gasteiger partial charge in [0.05, 0.1) is 37.7 Å². The number of H-pyrrole nitrogens is 1. The van der Waals surface area contributed by atoms with Gasteiger partial charge in [-0.15, -0.1) is 0 Å². The molecule has 0 aliphatic heterocycles. The number of hydrogen-bond acceptors (Lipinski definition) is 18. The molecule has 0 fully saturated rings. The number of aromatic amines is 1. The summed E-state index contributed by atoms with van der Waals surface area (Å²) in [6.45, 7) is 0.582. The summed E-state index contributed by atoms with van der Waals surface area (Å²) in [4.78, 5) is 62.9. The van der Waals surface area contributed by atoms with Crippen LogP contribution in [0.5, 0.6) is 11.5 Å². The number of primary amides is 1. The number of nitrogens with one attached hydrogen (secondary N) is 1. The number of pyridine rings is 2. The predicted octanol–water partition coefficient (Wildman–Crippen LogP) is -1.64. The zero-order chi connectivity index (χ0) is 39.5. The lowest BCUT2D eigenvalue weighted by atomic mass is 10.1. The molecule has 54 heavy (non-hydrogen) atoms. The van der Waals surface area contributed by atoms with Crippen molar-refractivity contribution in [2.45, 2.75) is 60.0 Å². The van der Waals surface area contributed by atoms with Crippen LogP contribution in [-0.4, -0.2) is 94.5 Å². The van der Waals surface area contributed by atoms with E-state index in [1.54, 1.807) is 6.92 Å². The first kappa shape index (κ1) is 40.7. The van der Waals surface area contributed by atoms with Gasteiger partial charge < -0.3 is 40.8 Å². The van der Waals surface area contributed by atoms with E-state index in [-0.39, 0.29) is 114 Å². The molecule has 0 saturated carbocycles. The third-order valence-electron chi connectivity index (χ3n) is 8.03. The second-order valence-electron chi connectivity index (χ2n) is 11.9. The van der Waals surface area contributed by atoms with Crippen LogP contribution < -0.4 is 21.1 Å². The Morgan fingerprint density at radius 3 is 1.89 bits per heavy atom. The molecule has 9 N–H and O–H groups in total. The number of aromatic nitrogens is 6. The van der Waals surface area contributed by atoms with E-state index in [4.69, 9.17) is 21.1 Å². The van der Waals surface area contributed by atoms with Crippen molar-refractivity contribution in [2.75, 3.05) is 26.2 Å². The van der Waals surface area contributed by atoms with Crippen molar-refractivity contribution in [3.63, 3.8) is 0 Å². The van der Waals surface area contributed by atoms with E-state index in [9.17, 15) is 44.9 Å². The van der Waals surface area contributed by atoms with Crippen LogP contribution in [0.15, 0.2) is 21.7 Å². The van der Waals surface area contributed by atoms with Crippen LogP contribution in [0.3, 0.4) is 0 Å². The standard InChI is InChI=1S/C30H38N10O14/c1-16-28(45)20(18(5-33-16)11-50-13-22-24(15-52-32)39(48)53-35-22)7-37(9-25(41)42)3-4-38(10-26(43)44)8-21-19(6-34-17(2)29(21)46)12-51-14-23-27(30(31)47)40(49)54-36-23/h5-6H,3-4,7-15,32H2,1-2H3,(H6-,31,35,41,42,43,44,45,46,47,48)/p+1. The van der Waals surface area contributed by atoms with Crippen molar-refractivity contribution in [3.8, 4) is 11.5 Å². The van der Waals surface area contributed by atoms with Crippen molar-refractivity contribution < 1.29 is 67.9 Å². The number of aliphatic carboxylic acids is 2. The molecule has 1 amide bonds. The van der Waals surface area contributed by atoms with Gasteiger partial charge in [0.15, 0.2) is 4.60 Å². The topological polar surface area (TPSA) is 349 Å². The quantitative estimate of drug-likeness (QED) is 0.0348. The Morgan fingerprint density at radius 1 is 0.889 bits per heavy atom. The molecule has 292 valence electrons. The lowest BCUT2D eigenvalue weighted by Gasteiger charge is -2.28. The molecule has 0 aliphatic carbocycles. The molecule has 0 aromatic carbocycles. The average Bonchev–Trinajstić information content (AvgIpc) is 3.66. The molecule has 0 unspecified atom stereocenters. The summed E-state index contributed by atoms with van der Waals surface area (Å²) >= 11 is 0. The highest BCUT2D eigenvalue weighted by Gasteiger charge is 2.26. The van der Waals surface area contributed by atoms with Crippen molar-refractivity contribution in [3.05, 3.63) is 78.9 Å². The Morgan fingerprint density at radius 2 is 1.41 bits per heavy atom. The molecule has 0 atom stereocenters. The maximum Gasteiger partial charge on any atom is 0.317 e. The largest absolute Gasteiger partial charge is 0.506 e. The Balaban J connectivity index is 1.51. The molecule has 4 aromatic heterocycles. The number of carboxylic acid groups (broad SMARTS) is 2. The van der Waals surface area contributed by atoms with Gasteiger partial charge >= 0.3 is 11.9 Å². The molecule has 0 saturated heterocycles. The first-order valence-electron chi connectivity index (χ1n) is 15.9. The minimum atomic E-state index is -1.21. The van der Waals surface area contributed by atoms with E-state index >= 15 is 0 Å². The monoisotopic (exact) mass is 763 g/mol. The number of carboxylic acids is 2. The fourth-order valence-electron chi connectivity index (χ4n) is 5.29. The van der Waals surface area contributed by atoms with Crippen molar-refractivity contribution in [1.29, 1.82) is 0 Å². The summed E-state index contributed by atoms with van der Waals surface area (Å²) in [5.74, 6) is 1.13. The van der Waals surface area contributed by atoms with Gasteiger partial charge in [-0.05, 0) is 23.7 Å². The van der Waals surface area contributed by atoms with Crippen molar-refractivity contribution in [2.24, 2.45) is 11.6 Å². The van der Waals surface area contributed by atoms with Gasteiger partial charge in [0.1, 0.15) is 31.3 Å². The Bertz CT molecular complexity index is 2010. The second kappa shape index (κ2) is 18.6. The van der Waals surface area contributed by atoms with Crippen LogP contribution in [-0.2, 0) is 70.0 Å². The van der Waals surface area contributed by atoms with Gasteiger partial charge in [0, 0.05) is 66.0 Å². The number of rotatable bonds is 22. The van der Waals surface area contributed by atoms with Gasteiger partial charge in [0.25, 0.3) is 23.0 Å². The molecule has 0 aliphatic rings. The summed E-state index contributed by atoms with van der Waals surface area (Å²) < 4.78 is 20.6. The van der Waals surface area contributed by atoms with E-state index < -0.39 is 36.6 Å². The third-order valence-corrected chi connectivity index (χ3v) is 8.03. The maximum absolute atomic E-state index is 11.9. The fraction of sp³-hybridized carbons (Fsp3) is 0.433. The number of hydrogen-bond donors (Lipinski definition) is 7. The predicted molar refractivity (Wildman–Crippen MR) is 173 cm³/mol. The summed E-state index contributed by atoms with van der Waals surface area (Å²) in [6, 6.07) is 0. The van der Waals surface area contributed by atoms with Crippen molar-refractivity contribution in [1.82, 2.24) is 30.1 Å². The van der Waals surface area contributed by atoms with E-state index in [1.807, 2.05) is 0 Å². The molecule has 0 radical (unpaired) electrons. The number of carbonyl (C=O) groups excluding carboxylic acids is 1. The highest BCUT2D eigenvalue weighted by atomic mass is 16.8. The summed E-state index contributed by atoms with van der Waals surface area (Å²) in [5.41, 5.74) is 6.53. The number of ether oxygens (including phenoxy) is 2. The highest BCUT2D eigenvalue weighted by molar-refractivity contribution is 5.90. The number of nitrogens with two attached hydrogens (primary N) is 2. The van der Waals surface area contributed by atoms with Crippen LogP contribution in [0.4, 0.5) is 0 Å². The van der Waals surface area contributed by atoms with E-state index in [1.165, 1.54) is 29.1 Å². The molecule has 24 nitrogen and oxygen atoms in total. The molecular weight excluding hydrogens is 724 g/mol. The normalized spacial score (nSPS) is 11.5. The molecule has 0 spiro atoms. The van der Waals surface area contributed by atoms with Gasteiger partial charge in [-0.1, -0.05) is 9.79 Å². The molecule has 0 bridgehead atoms. The highest BCUT2D eigenvalue weighted by Crippen LogP contribution is 2.28. The number of amides is 1. The molecule has 4 aromatic rings. The maximum atomic E-state index is 11.9. The van der Waals surface area contributed by atoms with Gasteiger partial charge in [-0.3, -0.25) is 43.6 Å². The second-order valence-corrected chi connectivity index (χ2v) is 11.9. The first-order chi connectivity index (χ1) is 25.7. The van der Waals surface area contributed by atoms with E-state index in [0.717, 1.165) is 0 Å². The Hall–Kier alpha value is -6.05. The van der Waals surface area contributed by atoms with Crippen LogP contribution in [0.25, 0.3) is 0 Å². The average molecular weight is 764 g/mol. The summed E-state index contributed by atoms with van der Waals surface area (Å²) in [6.07, 6.45) is 2.85. The molecule has 24 heteroatoms. The van der Waals surface area contributed by atoms with Crippen LogP contribution in [0.2, 0.25) is 0 Å². The SMILES string of the molecule is Cc1ncc(COCc2no[n+]([O-])c2C(N)=O)c(CN(CCN(CC(=O)O)Cc2c(COCc3[nH]o[n+](=O)c3CON)cnc(C)c2O)CC(=O)O)c1O. The van der Waals surface area contributed by atoms with E-state index in [0.29, 0.717) is 16.7 Å². The van der Waals surface area contributed by atoms with Crippen LogP contribution in [0.1, 0.15) is 61.2 Å². The molecular formula is C30H39N10O14+. The lowest BCUT2D eigenvalue weighted by Crippen LogP contribution is -2.39. The number of nitrogens with zero attached hydrogens (tertiary/aromatic N) is 7. The van der Waals surface area contributed by atoms with Crippen molar-refractivity contribution >= 4 is 17.8 Å². The van der Waals surface area contributed by atoms with Gasteiger partial charge in [0.2, 0.25) is 5.69 Å². The van der Waals surface area contributed by atoms with Gasteiger partial charge in [-0.25, -0.2) is 5.90 Å². The first-order valence-corrected chi connectivity index (χ1v) is 15.9. The minimum Gasteiger partial charge on any atom is -0.506 e. The zero-order valence-electron chi connectivity index (χ0n) is 29.1. The Labute approximate surface area is 304 Å². The summed E-state index contributed by atoms with van der Waals surface area (Å²) in [7, 11) is 0. The fourth-order valence-corrected chi connectivity index (χ4v) is 5.29. The Kier molecular flexibility index (Phi) is 14.0. The van der Waals surface area contributed by atoms with Crippen LogP contribution in [0, 0.1) is 24.0 Å². The number of carbonyl (C=O) groups is 3. The van der Waals surface area contributed by atoms with E-state index in [2.05, 4.69) is 34.4 Å². The number of aryl methyl sites for hydroxylation is 2. The van der Waals surface area contributed by atoms with Gasteiger partial charge in [-0.2, -0.15) is 0 Å². The molecule has 4 heterocycles. The summed E-state index contributed by atoms with van der Waals surface area (Å²) in [5, 5.41) is 58.9. The lowest BCUT2D eigenvalue weighted by molar-refractivity contribution is -0.803. The molecule has 4 rings (SSSR count).